The molecular formula is C16H24ClNO. The van der Waals surface area contributed by atoms with Gasteiger partial charge in [-0.15, -0.1) is 0 Å². The molecule has 0 spiro atoms. The van der Waals surface area contributed by atoms with Gasteiger partial charge < -0.3 is 10.1 Å². The Morgan fingerprint density at radius 3 is 2.47 bits per heavy atom. The van der Waals surface area contributed by atoms with Gasteiger partial charge in [-0.25, -0.2) is 0 Å². The topological polar surface area (TPSA) is 21.3 Å². The first kappa shape index (κ1) is 14.8. The molecule has 0 amide bonds. The van der Waals surface area contributed by atoms with E-state index in [1.54, 1.807) is 0 Å². The number of ether oxygens (including phenoxy) is 1. The van der Waals surface area contributed by atoms with Crippen LogP contribution in [0.4, 0.5) is 0 Å². The molecule has 0 aliphatic heterocycles. The van der Waals surface area contributed by atoms with E-state index in [1.165, 1.54) is 24.8 Å². The molecule has 0 heterocycles. The molecule has 1 aliphatic rings. The highest BCUT2D eigenvalue weighted by Crippen LogP contribution is 2.39. The first-order valence-corrected chi connectivity index (χ1v) is 7.61. The van der Waals surface area contributed by atoms with Crippen LogP contribution in [-0.2, 0) is 11.2 Å². The summed E-state index contributed by atoms with van der Waals surface area (Å²) in [5, 5.41) is 4.47. The molecule has 3 heteroatoms. The highest BCUT2D eigenvalue weighted by Gasteiger charge is 2.43. The van der Waals surface area contributed by atoms with E-state index in [4.69, 9.17) is 16.3 Å². The lowest BCUT2D eigenvalue weighted by atomic mass is 9.72. The molecule has 1 aromatic rings. The number of hydrogen-bond acceptors (Lipinski definition) is 2. The fraction of sp³-hybridized carbons (Fsp3) is 0.625. The molecule has 1 fully saturated rings. The molecule has 0 saturated heterocycles. The Bertz CT molecular complexity index is 381. The fourth-order valence-corrected chi connectivity index (χ4v) is 2.97. The summed E-state index contributed by atoms with van der Waals surface area (Å²) in [5.41, 5.74) is 1.36. The minimum atomic E-state index is 0.0365. The molecule has 0 radical (unpaired) electrons. The lowest BCUT2D eigenvalue weighted by Gasteiger charge is -2.47. The summed E-state index contributed by atoms with van der Waals surface area (Å²) in [6.45, 7) is 3.25. The van der Waals surface area contributed by atoms with Crippen LogP contribution < -0.4 is 5.32 Å². The number of hydrogen-bond donors (Lipinski definition) is 1. The number of benzene rings is 1. The summed E-state index contributed by atoms with van der Waals surface area (Å²) >= 11 is 5.95. The quantitative estimate of drug-likeness (QED) is 0.820. The monoisotopic (exact) mass is 281 g/mol. The predicted octanol–water partition coefficient (Wildman–Crippen LogP) is 3.82. The molecule has 1 atom stereocenters. The van der Waals surface area contributed by atoms with Gasteiger partial charge in [0, 0.05) is 18.2 Å². The van der Waals surface area contributed by atoms with Crippen molar-refractivity contribution in [2.24, 2.45) is 0 Å². The van der Waals surface area contributed by atoms with Gasteiger partial charge in [0.05, 0.1) is 5.60 Å². The Hall–Kier alpha value is -0.570. The zero-order valence-electron chi connectivity index (χ0n) is 11.9. The molecule has 19 heavy (non-hydrogen) atoms. The van der Waals surface area contributed by atoms with Crippen LogP contribution in [0, 0.1) is 0 Å². The Labute approximate surface area is 121 Å². The maximum Gasteiger partial charge on any atom is 0.0834 e. The van der Waals surface area contributed by atoms with Crippen molar-refractivity contribution in [3.63, 3.8) is 0 Å². The van der Waals surface area contributed by atoms with Gasteiger partial charge in [0.1, 0.15) is 0 Å². The number of methoxy groups -OCH3 is 1. The van der Waals surface area contributed by atoms with Crippen LogP contribution in [0.5, 0.6) is 0 Å². The SMILES string of the molecule is CCCNC(Cc1ccc(Cl)cc1)C1(OC)CCC1. The maximum atomic E-state index is 5.95. The summed E-state index contributed by atoms with van der Waals surface area (Å²) in [4.78, 5) is 0. The first-order chi connectivity index (χ1) is 9.20. The number of halogens is 1. The third kappa shape index (κ3) is 3.50. The first-order valence-electron chi connectivity index (χ1n) is 7.23. The molecule has 1 unspecified atom stereocenters. The van der Waals surface area contributed by atoms with Gasteiger partial charge >= 0.3 is 0 Å². The van der Waals surface area contributed by atoms with Crippen LogP contribution in [0.25, 0.3) is 0 Å². The molecule has 106 valence electrons. The van der Waals surface area contributed by atoms with Gasteiger partial charge in [0.25, 0.3) is 0 Å². The highest BCUT2D eigenvalue weighted by atomic mass is 35.5. The molecular weight excluding hydrogens is 258 g/mol. The minimum Gasteiger partial charge on any atom is -0.377 e. The third-order valence-corrected chi connectivity index (χ3v) is 4.49. The zero-order chi connectivity index (χ0) is 13.7. The van der Waals surface area contributed by atoms with Crippen molar-refractivity contribution in [1.29, 1.82) is 0 Å². The minimum absolute atomic E-state index is 0.0365. The van der Waals surface area contributed by atoms with Gasteiger partial charge in [-0.3, -0.25) is 0 Å². The molecule has 0 bridgehead atoms. The van der Waals surface area contributed by atoms with Gasteiger partial charge in [-0.05, 0) is 56.3 Å². The molecule has 2 nitrogen and oxygen atoms in total. The lowest BCUT2D eigenvalue weighted by Crippen LogP contribution is -2.57. The van der Waals surface area contributed by atoms with E-state index in [0.717, 1.165) is 24.4 Å². The van der Waals surface area contributed by atoms with Crippen molar-refractivity contribution in [1.82, 2.24) is 5.32 Å². The average molecular weight is 282 g/mol. The van der Waals surface area contributed by atoms with Crippen LogP contribution in [0.2, 0.25) is 5.02 Å². The third-order valence-electron chi connectivity index (χ3n) is 4.24. The summed E-state index contributed by atoms with van der Waals surface area (Å²) in [7, 11) is 1.85. The van der Waals surface area contributed by atoms with Crippen molar-refractivity contribution < 1.29 is 4.74 Å². The second kappa shape index (κ2) is 6.74. The Morgan fingerprint density at radius 1 is 1.32 bits per heavy atom. The summed E-state index contributed by atoms with van der Waals surface area (Å²) < 4.78 is 5.84. The van der Waals surface area contributed by atoms with Crippen LogP contribution in [-0.4, -0.2) is 25.3 Å². The molecule has 1 N–H and O–H groups in total. The van der Waals surface area contributed by atoms with Crippen molar-refractivity contribution in [3.05, 3.63) is 34.9 Å². The highest BCUT2D eigenvalue weighted by molar-refractivity contribution is 6.30. The Morgan fingerprint density at radius 2 is 2.00 bits per heavy atom. The van der Waals surface area contributed by atoms with Gasteiger partial charge in [0.15, 0.2) is 0 Å². The summed E-state index contributed by atoms with van der Waals surface area (Å²) in [6, 6.07) is 8.56. The maximum absolute atomic E-state index is 5.95. The van der Waals surface area contributed by atoms with Crippen LogP contribution in [0.1, 0.15) is 38.2 Å². The second-order valence-corrected chi connectivity index (χ2v) is 5.90. The predicted molar refractivity (Wildman–Crippen MR) is 80.8 cm³/mol. The van der Waals surface area contributed by atoms with Gasteiger partial charge in [-0.1, -0.05) is 30.7 Å². The molecule has 1 saturated carbocycles. The smallest absolute Gasteiger partial charge is 0.0834 e. The van der Waals surface area contributed by atoms with Crippen LogP contribution >= 0.6 is 11.6 Å². The van der Waals surface area contributed by atoms with Crippen LogP contribution in [0.3, 0.4) is 0 Å². The zero-order valence-corrected chi connectivity index (χ0v) is 12.7. The van der Waals surface area contributed by atoms with E-state index in [1.807, 2.05) is 19.2 Å². The van der Waals surface area contributed by atoms with Crippen molar-refractivity contribution >= 4 is 11.6 Å². The largest absolute Gasteiger partial charge is 0.377 e. The van der Waals surface area contributed by atoms with Gasteiger partial charge in [-0.2, -0.15) is 0 Å². The van der Waals surface area contributed by atoms with E-state index in [2.05, 4.69) is 24.4 Å². The van der Waals surface area contributed by atoms with Crippen LogP contribution in [0.15, 0.2) is 24.3 Å². The van der Waals surface area contributed by atoms with E-state index in [9.17, 15) is 0 Å². The molecule has 1 aliphatic carbocycles. The molecule has 1 aromatic carbocycles. The number of nitrogens with one attached hydrogen (secondary N) is 1. The fourth-order valence-electron chi connectivity index (χ4n) is 2.84. The molecule has 2 rings (SSSR count). The van der Waals surface area contributed by atoms with E-state index in [0.29, 0.717) is 6.04 Å². The Kier molecular flexibility index (Phi) is 5.26. The van der Waals surface area contributed by atoms with Crippen molar-refractivity contribution in [2.75, 3.05) is 13.7 Å². The van der Waals surface area contributed by atoms with E-state index >= 15 is 0 Å². The summed E-state index contributed by atoms with van der Waals surface area (Å²) in [5.74, 6) is 0. The van der Waals surface area contributed by atoms with E-state index < -0.39 is 0 Å². The number of rotatable bonds is 7. The second-order valence-electron chi connectivity index (χ2n) is 5.46. The average Bonchev–Trinajstić information content (AvgIpc) is 2.37. The standard InChI is InChI=1S/C16H24ClNO/c1-3-11-18-15(16(19-2)9-4-10-16)12-13-5-7-14(17)8-6-13/h5-8,15,18H,3-4,9-12H2,1-2H3. The van der Waals surface area contributed by atoms with E-state index in [-0.39, 0.29) is 5.60 Å². The summed E-state index contributed by atoms with van der Waals surface area (Å²) in [6.07, 6.45) is 5.76. The lowest BCUT2D eigenvalue weighted by molar-refractivity contribution is -0.0980. The Balaban J connectivity index is 2.06. The van der Waals surface area contributed by atoms with Crippen molar-refractivity contribution in [3.8, 4) is 0 Å². The van der Waals surface area contributed by atoms with Crippen molar-refractivity contribution in [2.45, 2.75) is 50.7 Å². The van der Waals surface area contributed by atoms with Gasteiger partial charge in [0.2, 0.25) is 0 Å². The molecule has 0 aromatic heterocycles. The normalized spacial score (nSPS) is 18.9.